The van der Waals surface area contributed by atoms with Gasteiger partial charge in [0.2, 0.25) is 0 Å². The minimum absolute atomic E-state index is 0.224. The van der Waals surface area contributed by atoms with Crippen LogP contribution in [0.25, 0.3) is 0 Å². The summed E-state index contributed by atoms with van der Waals surface area (Å²) in [5.41, 5.74) is 2.63. The van der Waals surface area contributed by atoms with E-state index in [0.29, 0.717) is 22.4 Å². The summed E-state index contributed by atoms with van der Waals surface area (Å²) in [6, 6.07) is 15.9. The van der Waals surface area contributed by atoms with Gasteiger partial charge in [-0.2, -0.15) is 0 Å². The third-order valence-corrected chi connectivity index (χ3v) is 4.51. The monoisotopic (exact) mass is 343 g/mol. The molecular weight excluding hydrogens is 321 g/mol. The van der Waals surface area contributed by atoms with Crippen molar-refractivity contribution >= 4 is 23.0 Å². The number of halogens is 1. The van der Waals surface area contributed by atoms with Crippen LogP contribution >= 0.6 is 12.2 Å². The number of nitrogens with one attached hydrogen (secondary N) is 2. The zero-order valence-electron chi connectivity index (χ0n) is 13.8. The molecule has 2 N–H and O–H groups in total. The molecule has 0 amide bonds. The van der Waals surface area contributed by atoms with Crippen LogP contribution in [0.4, 0.5) is 10.1 Å². The molecule has 2 aromatic rings. The van der Waals surface area contributed by atoms with Crippen LogP contribution < -0.4 is 10.6 Å². The minimum Gasteiger partial charge on any atom is -0.358 e. The SMILES string of the molecule is Cc1ccc(NC(=S)N[C@@H]2CCN(Cc3ccccc3)C2)cc1F. The van der Waals surface area contributed by atoms with E-state index in [2.05, 4.69) is 39.8 Å². The zero-order chi connectivity index (χ0) is 16.9. The van der Waals surface area contributed by atoms with Crippen molar-refractivity contribution in [2.24, 2.45) is 0 Å². The lowest BCUT2D eigenvalue weighted by Gasteiger charge is -2.18. The van der Waals surface area contributed by atoms with E-state index in [1.807, 2.05) is 12.1 Å². The summed E-state index contributed by atoms with van der Waals surface area (Å²) in [5, 5.41) is 6.94. The molecule has 1 aliphatic rings. The molecule has 0 unspecified atom stereocenters. The number of hydrogen-bond donors (Lipinski definition) is 2. The van der Waals surface area contributed by atoms with Crippen LogP contribution in [0.1, 0.15) is 17.5 Å². The summed E-state index contributed by atoms with van der Waals surface area (Å²) in [5.74, 6) is -0.224. The first-order valence-corrected chi connectivity index (χ1v) is 8.61. The van der Waals surface area contributed by atoms with Gasteiger partial charge in [0, 0.05) is 31.4 Å². The largest absolute Gasteiger partial charge is 0.358 e. The highest BCUT2D eigenvalue weighted by Crippen LogP contribution is 2.15. The predicted octanol–water partition coefficient (Wildman–Crippen LogP) is 3.70. The van der Waals surface area contributed by atoms with Gasteiger partial charge in [0.1, 0.15) is 5.82 Å². The van der Waals surface area contributed by atoms with Crippen LogP contribution in [0.5, 0.6) is 0 Å². The summed E-state index contributed by atoms with van der Waals surface area (Å²) in [4.78, 5) is 2.42. The topological polar surface area (TPSA) is 27.3 Å². The summed E-state index contributed by atoms with van der Waals surface area (Å²) >= 11 is 5.35. The van der Waals surface area contributed by atoms with Crippen molar-refractivity contribution in [1.82, 2.24) is 10.2 Å². The minimum atomic E-state index is -0.224. The number of hydrogen-bond acceptors (Lipinski definition) is 2. The average Bonchev–Trinajstić information content (AvgIpc) is 2.99. The van der Waals surface area contributed by atoms with E-state index in [1.54, 1.807) is 13.0 Å². The second kappa shape index (κ2) is 7.73. The fraction of sp³-hybridized carbons (Fsp3) is 0.316. The van der Waals surface area contributed by atoms with Crippen molar-refractivity contribution in [2.45, 2.75) is 25.9 Å². The van der Waals surface area contributed by atoms with Crippen molar-refractivity contribution in [3.05, 3.63) is 65.5 Å². The van der Waals surface area contributed by atoms with Gasteiger partial charge in [-0.25, -0.2) is 4.39 Å². The number of benzene rings is 2. The predicted molar refractivity (Wildman–Crippen MR) is 101 cm³/mol. The van der Waals surface area contributed by atoms with E-state index < -0.39 is 0 Å². The molecule has 1 saturated heterocycles. The van der Waals surface area contributed by atoms with Gasteiger partial charge in [0.05, 0.1) is 0 Å². The third-order valence-electron chi connectivity index (χ3n) is 4.29. The maximum atomic E-state index is 13.6. The molecule has 0 radical (unpaired) electrons. The standard InChI is InChI=1S/C19H22FN3S/c1-14-7-8-16(11-18(14)20)21-19(24)22-17-9-10-23(13-17)12-15-5-3-2-4-6-15/h2-8,11,17H,9-10,12-13H2,1H3,(H2,21,22,24)/t17-/m1/s1. The molecule has 3 rings (SSSR count). The first kappa shape index (κ1) is 16.9. The molecule has 0 aliphatic carbocycles. The van der Waals surface area contributed by atoms with Crippen LogP contribution in [0.2, 0.25) is 0 Å². The molecule has 5 heteroatoms. The Hall–Kier alpha value is -1.98. The lowest BCUT2D eigenvalue weighted by atomic mass is 10.2. The van der Waals surface area contributed by atoms with E-state index in [9.17, 15) is 4.39 Å². The van der Waals surface area contributed by atoms with Crippen LogP contribution in [0, 0.1) is 12.7 Å². The van der Waals surface area contributed by atoms with Gasteiger partial charge in [-0.05, 0) is 48.8 Å². The van der Waals surface area contributed by atoms with Gasteiger partial charge in [-0.15, -0.1) is 0 Å². The molecule has 1 atom stereocenters. The Morgan fingerprint density at radius 2 is 2.04 bits per heavy atom. The Kier molecular flexibility index (Phi) is 5.43. The number of likely N-dealkylation sites (tertiary alicyclic amines) is 1. The number of aryl methyl sites for hydroxylation is 1. The van der Waals surface area contributed by atoms with Crippen molar-refractivity contribution in [3.63, 3.8) is 0 Å². The molecule has 0 spiro atoms. The Bertz CT molecular complexity index is 705. The molecule has 1 aliphatic heterocycles. The highest BCUT2D eigenvalue weighted by Gasteiger charge is 2.22. The van der Waals surface area contributed by atoms with Crippen molar-refractivity contribution in [2.75, 3.05) is 18.4 Å². The van der Waals surface area contributed by atoms with Gasteiger partial charge >= 0.3 is 0 Å². The molecule has 2 aromatic carbocycles. The quantitative estimate of drug-likeness (QED) is 0.828. The van der Waals surface area contributed by atoms with Crippen molar-refractivity contribution < 1.29 is 4.39 Å². The molecular formula is C19H22FN3S. The molecule has 3 nitrogen and oxygen atoms in total. The van der Waals surface area contributed by atoms with E-state index in [0.717, 1.165) is 26.1 Å². The normalized spacial score (nSPS) is 17.7. The summed E-state index contributed by atoms with van der Waals surface area (Å²) in [6.45, 7) is 4.71. The molecule has 0 saturated carbocycles. The second-order valence-electron chi connectivity index (χ2n) is 6.27. The Balaban J connectivity index is 1.48. The van der Waals surface area contributed by atoms with Crippen molar-refractivity contribution in [1.29, 1.82) is 0 Å². The zero-order valence-corrected chi connectivity index (χ0v) is 14.6. The van der Waals surface area contributed by atoms with Gasteiger partial charge in [-0.1, -0.05) is 36.4 Å². The maximum Gasteiger partial charge on any atom is 0.171 e. The smallest absolute Gasteiger partial charge is 0.171 e. The van der Waals surface area contributed by atoms with Crippen LogP contribution in [0.15, 0.2) is 48.5 Å². The lowest BCUT2D eigenvalue weighted by molar-refractivity contribution is 0.324. The summed E-state index contributed by atoms with van der Waals surface area (Å²) in [7, 11) is 0. The average molecular weight is 343 g/mol. The van der Waals surface area contributed by atoms with Crippen LogP contribution in [-0.2, 0) is 6.54 Å². The third kappa shape index (κ3) is 4.52. The number of thiocarbonyl (C=S) groups is 1. The molecule has 24 heavy (non-hydrogen) atoms. The molecule has 0 aromatic heterocycles. The van der Waals surface area contributed by atoms with Gasteiger partial charge < -0.3 is 10.6 Å². The first-order chi connectivity index (χ1) is 11.6. The summed E-state index contributed by atoms with van der Waals surface area (Å²) in [6.07, 6.45) is 1.05. The van der Waals surface area contributed by atoms with E-state index in [-0.39, 0.29) is 5.82 Å². The second-order valence-corrected chi connectivity index (χ2v) is 6.68. The Morgan fingerprint density at radius 1 is 1.25 bits per heavy atom. The number of anilines is 1. The van der Waals surface area contributed by atoms with Crippen LogP contribution in [-0.4, -0.2) is 29.1 Å². The number of nitrogens with zero attached hydrogens (tertiary/aromatic N) is 1. The molecule has 1 fully saturated rings. The highest BCUT2D eigenvalue weighted by molar-refractivity contribution is 7.80. The van der Waals surface area contributed by atoms with E-state index >= 15 is 0 Å². The molecule has 126 valence electrons. The fourth-order valence-corrected chi connectivity index (χ4v) is 3.24. The fourth-order valence-electron chi connectivity index (χ4n) is 2.96. The highest BCUT2D eigenvalue weighted by atomic mass is 32.1. The maximum absolute atomic E-state index is 13.6. The van der Waals surface area contributed by atoms with Gasteiger partial charge in [0.25, 0.3) is 0 Å². The van der Waals surface area contributed by atoms with E-state index in [1.165, 1.54) is 11.6 Å². The van der Waals surface area contributed by atoms with Crippen LogP contribution in [0.3, 0.4) is 0 Å². The van der Waals surface area contributed by atoms with E-state index in [4.69, 9.17) is 12.2 Å². The van der Waals surface area contributed by atoms with Crippen molar-refractivity contribution in [3.8, 4) is 0 Å². The summed E-state index contributed by atoms with van der Waals surface area (Å²) < 4.78 is 13.6. The first-order valence-electron chi connectivity index (χ1n) is 8.20. The molecule has 0 bridgehead atoms. The van der Waals surface area contributed by atoms with Gasteiger partial charge in [0.15, 0.2) is 5.11 Å². The molecule has 1 heterocycles. The number of rotatable bonds is 4. The lowest BCUT2D eigenvalue weighted by Crippen LogP contribution is -2.39. The van der Waals surface area contributed by atoms with Gasteiger partial charge in [-0.3, -0.25) is 4.90 Å². The Labute approximate surface area is 147 Å². The Morgan fingerprint density at radius 3 is 2.79 bits per heavy atom.